The fourth-order valence-electron chi connectivity index (χ4n) is 1.65. The smallest absolute Gasteiger partial charge is 0.215 e. The van der Waals surface area contributed by atoms with Crippen molar-refractivity contribution in [1.82, 2.24) is 0 Å². The first kappa shape index (κ1) is 13.4. The van der Waals surface area contributed by atoms with Crippen LogP contribution in [0.2, 0.25) is 0 Å². The third kappa shape index (κ3) is 2.90. The van der Waals surface area contributed by atoms with E-state index in [4.69, 9.17) is 20.6 Å². The SMILES string of the molecule is CCOc1cc(N)c(C(=N)OC)cc1C(C)C. The Labute approximate surface area is 102 Å². The molecule has 0 saturated heterocycles. The van der Waals surface area contributed by atoms with Gasteiger partial charge in [0.2, 0.25) is 5.90 Å². The van der Waals surface area contributed by atoms with Crippen LogP contribution < -0.4 is 10.5 Å². The Balaban J connectivity index is 3.29. The Morgan fingerprint density at radius 3 is 2.53 bits per heavy atom. The molecule has 4 nitrogen and oxygen atoms in total. The summed E-state index contributed by atoms with van der Waals surface area (Å²) in [5.41, 5.74) is 8.05. The molecule has 0 radical (unpaired) electrons. The molecule has 0 saturated carbocycles. The molecule has 0 heterocycles. The predicted molar refractivity (Wildman–Crippen MR) is 70.0 cm³/mol. The number of rotatable bonds is 4. The molecular formula is C13H20N2O2. The van der Waals surface area contributed by atoms with E-state index in [0.29, 0.717) is 23.8 Å². The van der Waals surface area contributed by atoms with Crippen molar-refractivity contribution in [2.45, 2.75) is 26.7 Å². The predicted octanol–water partition coefficient (Wildman–Crippen LogP) is 2.76. The second kappa shape index (κ2) is 5.57. The van der Waals surface area contributed by atoms with E-state index < -0.39 is 0 Å². The van der Waals surface area contributed by atoms with Gasteiger partial charge >= 0.3 is 0 Å². The van der Waals surface area contributed by atoms with Gasteiger partial charge in [-0.2, -0.15) is 0 Å². The Kier molecular flexibility index (Phi) is 4.37. The highest BCUT2D eigenvalue weighted by Gasteiger charge is 2.14. The third-order valence-corrected chi connectivity index (χ3v) is 2.55. The number of nitrogens with two attached hydrogens (primary N) is 1. The van der Waals surface area contributed by atoms with Gasteiger partial charge in [-0.1, -0.05) is 13.8 Å². The first-order valence-electron chi connectivity index (χ1n) is 5.70. The van der Waals surface area contributed by atoms with E-state index in [9.17, 15) is 0 Å². The average Bonchev–Trinajstić information content (AvgIpc) is 2.28. The van der Waals surface area contributed by atoms with Crippen molar-refractivity contribution in [1.29, 1.82) is 5.41 Å². The molecule has 0 spiro atoms. The average molecular weight is 236 g/mol. The van der Waals surface area contributed by atoms with Crippen LogP contribution >= 0.6 is 0 Å². The van der Waals surface area contributed by atoms with E-state index in [1.807, 2.05) is 13.0 Å². The van der Waals surface area contributed by atoms with Gasteiger partial charge in [0.25, 0.3) is 0 Å². The minimum Gasteiger partial charge on any atom is -0.494 e. The van der Waals surface area contributed by atoms with E-state index in [2.05, 4.69) is 13.8 Å². The van der Waals surface area contributed by atoms with Crippen molar-refractivity contribution in [3.05, 3.63) is 23.3 Å². The summed E-state index contributed by atoms with van der Waals surface area (Å²) in [4.78, 5) is 0. The van der Waals surface area contributed by atoms with Gasteiger partial charge in [0.05, 0.1) is 19.3 Å². The number of nitrogen functional groups attached to an aromatic ring is 1. The van der Waals surface area contributed by atoms with Gasteiger partial charge in [0, 0.05) is 11.8 Å². The van der Waals surface area contributed by atoms with E-state index >= 15 is 0 Å². The summed E-state index contributed by atoms with van der Waals surface area (Å²) in [5, 5.41) is 7.69. The molecule has 0 atom stereocenters. The van der Waals surface area contributed by atoms with Crippen LogP contribution in [0.5, 0.6) is 5.75 Å². The quantitative estimate of drug-likeness (QED) is 0.480. The Hall–Kier alpha value is -1.71. The molecule has 1 aromatic rings. The zero-order chi connectivity index (χ0) is 13.0. The number of benzene rings is 1. The molecule has 4 heteroatoms. The van der Waals surface area contributed by atoms with Crippen LogP contribution in [0.25, 0.3) is 0 Å². The van der Waals surface area contributed by atoms with Crippen LogP contribution in [-0.2, 0) is 4.74 Å². The Morgan fingerprint density at radius 1 is 1.41 bits per heavy atom. The molecule has 0 fully saturated rings. The summed E-state index contributed by atoms with van der Waals surface area (Å²) < 4.78 is 10.5. The van der Waals surface area contributed by atoms with Gasteiger partial charge in [-0.3, -0.25) is 5.41 Å². The van der Waals surface area contributed by atoms with Crippen LogP contribution in [0.1, 0.15) is 37.8 Å². The van der Waals surface area contributed by atoms with Crippen LogP contribution in [-0.4, -0.2) is 19.6 Å². The third-order valence-electron chi connectivity index (χ3n) is 2.55. The maximum absolute atomic E-state index is 7.69. The molecule has 17 heavy (non-hydrogen) atoms. The summed E-state index contributed by atoms with van der Waals surface area (Å²) in [6, 6.07) is 3.64. The van der Waals surface area contributed by atoms with E-state index in [-0.39, 0.29) is 5.90 Å². The van der Waals surface area contributed by atoms with Crippen LogP contribution in [0, 0.1) is 5.41 Å². The highest BCUT2D eigenvalue weighted by molar-refractivity contribution is 5.97. The van der Waals surface area contributed by atoms with E-state index in [1.54, 1.807) is 6.07 Å². The number of hydrogen-bond donors (Lipinski definition) is 2. The lowest BCUT2D eigenvalue weighted by Crippen LogP contribution is -2.09. The van der Waals surface area contributed by atoms with Crippen LogP contribution in [0.3, 0.4) is 0 Å². The highest BCUT2D eigenvalue weighted by atomic mass is 16.5. The fourth-order valence-corrected chi connectivity index (χ4v) is 1.65. The highest BCUT2D eigenvalue weighted by Crippen LogP contribution is 2.31. The topological polar surface area (TPSA) is 68.3 Å². The zero-order valence-corrected chi connectivity index (χ0v) is 10.8. The molecule has 3 N–H and O–H groups in total. The zero-order valence-electron chi connectivity index (χ0n) is 10.8. The Morgan fingerprint density at radius 2 is 2.06 bits per heavy atom. The molecular weight excluding hydrogens is 216 g/mol. The van der Waals surface area contributed by atoms with Crippen molar-refractivity contribution in [3.63, 3.8) is 0 Å². The van der Waals surface area contributed by atoms with Gasteiger partial charge in [0.15, 0.2) is 0 Å². The molecule has 0 unspecified atom stereocenters. The van der Waals surface area contributed by atoms with Crippen molar-refractivity contribution >= 4 is 11.6 Å². The van der Waals surface area contributed by atoms with Crippen molar-refractivity contribution in [2.24, 2.45) is 0 Å². The maximum atomic E-state index is 7.69. The second-order valence-electron chi connectivity index (χ2n) is 4.10. The second-order valence-corrected chi connectivity index (χ2v) is 4.10. The van der Waals surface area contributed by atoms with Crippen molar-refractivity contribution in [2.75, 3.05) is 19.5 Å². The normalized spacial score (nSPS) is 10.4. The van der Waals surface area contributed by atoms with Gasteiger partial charge in [-0.05, 0) is 24.5 Å². The van der Waals surface area contributed by atoms with Crippen molar-refractivity contribution in [3.8, 4) is 5.75 Å². The van der Waals surface area contributed by atoms with Gasteiger partial charge in [-0.15, -0.1) is 0 Å². The fraction of sp³-hybridized carbons (Fsp3) is 0.462. The number of anilines is 1. The summed E-state index contributed by atoms with van der Waals surface area (Å²) in [6.45, 7) is 6.69. The summed E-state index contributed by atoms with van der Waals surface area (Å²) in [6.07, 6.45) is 0. The molecule has 0 aliphatic heterocycles. The van der Waals surface area contributed by atoms with E-state index in [0.717, 1.165) is 11.3 Å². The first-order chi connectivity index (χ1) is 8.01. The first-order valence-corrected chi connectivity index (χ1v) is 5.70. The van der Waals surface area contributed by atoms with Gasteiger partial charge in [0.1, 0.15) is 5.75 Å². The number of hydrogen-bond acceptors (Lipinski definition) is 4. The largest absolute Gasteiger partial charge is 0.494 e. The summed E-state index contributed by atoms with van der Waals surface area (Å²) in [7, 11) is 1.47. The minimum atomic E-state index is 0.0763. The lowest BCUT2D eigenvalue weighted by molar-refractivity contribution is 0.335. The molecule has 0 aliphatic rings. The van der Waals surface area contributed by atoms with E-state index in [1.165, 1.54) is 7.11 Å². The Bertz CT molecular complexity index is 414. The lowest BCUT2D eigenvalue weighted by atomic mass is 9.98. The standard InChI is InChI=1S/C13H20N2O2/c1-5-17-12-7-11(14)10(13(15)16-4)6-9(12)8(2)3/h6-8,15H,5,14H2,1-4H3. The van der Waals surface area contributed by atoms with Gasteiger partial charge in [-0.25, -0.2) is 0 Å². The number of nitrogens with one attached hydrogen (secondary N) is 1. The van der Waals surface area contributed by atoms with Crippen LogP contribution in [0.4, 0.5) is 5.69 Å². The molecule has 0 bridgehead atoms. The lowest BCUT2D eigenvalue weighted by Gasteiger charge is -2.16. The monoisotopic (exact) mass is 236 g/mol. The molecule has 1 aromatic carbocycles. The molecule has 0 aromatic heterocycles. The molecule has 94 valence electrons. The molecule has 1 rings (SSSR count). The maximum Gasteiger partial charge on any atom is 0.215 e. The molecule has 0 aliphatic carbocycles. The number of ether oxygens (including phenoxy) is 2. The van der Waals surface area contributed by atoms with Crippen molar-refractivity contribution < 1.29 is 9.47 Å². The van der Waals surface area contributed by atoms with Crippen LogP contribution in [0.15, 0.2) is 12.1 Å². The summed E-state index contributed by atoms with van der Waals surface area (Å²) >= 11 is 0. The summed E-state index contributed by atoms with van der Waals surface area (Å²) in [5.74, 6) is 1.17. The molecule has 0 amide bonds. The number of methoxy groups -OCH3 is 1. The van der Waals surface area contributed by atoms with Gasteiger partial charge < -0.3 is 15.2 Å². The minimum absolute atomic E-state index is 0.0763.